The highest BCUT2D eigenvalue weighted by Crippen LogP contribution is 2.15. The molecule has 0 aromatic carbocycles. The summed E-state index contributed by atoms with van der Waals surface area (Å²) < 4.78 is 15.7. The minimum Gasteiger partial charge on any atom is -0.377 e. The molecule has 0 bridgehead atoms. The van der Waals surface area contributed by atoms with Crippen molar-refractivity contribution in [2.75, 3.05) is 21.3 Å². The van der Waals surface area contributed by atoms with E-state index in [1.54, 1.807) is 21.3 Å². The Bertz CT molecular complexity index is 88.4. The first-order valence-electron chi connectivity index (χ1n) is 3.90. The molecule has 0 aliphatic heterocycles. The second kappa shape index (κ2) is 7.94. The molecule has 0 unspecified atom stereocenters. The molecule has 0 spiro atoms. The fraction of sp³-hybridized carbons (Fsp3) is 1.00. The van der Waals surface area contributed by atoms with Gasteiger partial charge in [-0.1, -0.05) is 13.3 Å². The van der Waals surface area contributed by atoms with Gasteiger partial charge in [0.25, 0.3) is 0 Å². The van der Waals surface area contributed by atoms with Gasteiger partial charge in [0, 0.05) is 27.4 Å². The molecule has 12 heavy (non-hydrogen) atoms. The number of hydrogen-bond acceptors (Lipinski definition) is 3. The van der Waals surface area contributed by atoms with Gasteiger partial charge in [-0.3, -0.25) is 0 Å². The van der Waals surface area contributed by atoms with Gasteiger partial charge in [0.05, 0.1) is 0 Å². The molecule has 0 heterocycles. The molecule has 0 aliphatic rings. The van der Waals surface area contributed by atoms with Crippen LogP contribution in [0.4, 0.5) is 0 Å². The molecule has 0 saturated carbocycles. The standard InChI is InChI=1S/C7H18O3Si.H4Si/c1-5-6-7-11(8-2,9-3)10-4;/h5-7H2,1-4H3;1H4. The molecule has 0 rings (SSSR count). The van der Waals surface area contributed by atoms with Crippen molar-refractivity contribution >= 4 is 19.8 Å². The highest BCUT2D eigenvalue weighted by molar-refractivity contribution is 6.60. The average Bonchev–Trinajstić information content (AvgIpc) is 2.08. The van der Waals surface area contributed by atoms with Crippen LogP contribution in [0.25, 0.3) is 0 Å². The molecule has 5 heteroatoms. The third-order valence-electron chi connectivity index (χ3n) is 1.77. The molecular weight excluding hydrogens is 188 g/mol. The van der Waals surface area contributed by atoms with E-state index < -0.39 is 8.80 Å². The monoisotopic (exact) mass is 210 g/mol. The van der Waals surface area contributed by atoms with Gasteiger partial charge in [0.1, 0.15) is 0 Å². The van der Waals surface area contributed by atoms with Gasteiger partial charge in [-0.25, -0.2) is 0 Å². The highest BCUT2D eigenvalue weighted by Gasteiger charge is 2.36. The molecule has 0 N–H and O–H groups in total. The van der Waals surface area contributed by atoms with Crippen LogP contribution in [-0.4, -0.2) is 41.1 Å². The van der Waals surface area contributed by atoms with Crippen molar-refractivity contribution in [1.29, 1.82) is 0 Å². The van der Waals surface area contributed by atoms with Crippen molar-refractivity contribution in [2.45, 2.75) is 25.8 Å². The predicted octanol–water partition coefficient (Wildman–Crippen LogP) is 0.213. The van der Waals surface area contributed by atoms with Crippen molar-refractivity contribution in [3.63, 3.8) is 0 Å². The van der Waals surface area contributed by atoms with Crippen LogP contribution >= 0.6 is 0 Å². The van der Waals surface area contributed by atoms with E-state index in [9.17, 15) is 0 Å². The lowest BCUT2D eigenvalue weighted by Crippen LogP contribution is -2.42. The summed E-state index contributed by atoms with van der Waals surface area (Å²) >= 11 is 0. The van der Waals surface area contributed by atoms with E-state index in [-0.39, 0.29) is 11.0 Å². The van der Waals surface area contributed by atoms with E-state index in [1.807, 2.05) is 0 Å². The Labute approximate surface area is 80.8 Å². The smallest absolute Gasteiger partial charge is 0.377 e. The summed E-state index contributed by atoms with van der Waals surface area (Å²) in [5, 5.41) is 0. The lowest BCUT2D eigenvalue weighted by molar-refractivity contribution is 0.123. The van der Waals surface area contributed by atoms with Crippen LogP contribution in [0.5, 0.6) is 0 Å². The maximum atomic E-state index is 5.23. The zero-order chi connectivity index (χ0) is 8.74. The predicted molar refractivity (Wildman–Crippen MR) is 57.8 cm³/mol. The van der Waals surface area contributed by atoms with Gasteiger partial charge in [-0.2, -0.15) is 0 Å². The molecule has 0 radical (unpaired) electrons. The quantitative estimate of drug-likeness (QED) is 0.587. The molecule has 0 fully saturated rings. The molecule has 0 saturated heterocycles. The summed E-state index contributed by atoms with van der Waals surface area (Å²) in [6.07, 6.45) is 2.24. The van der Waals surface area contributed by atoms with Gasteiger partial charge in [-0.15, -0.1) is 0 Å². The minimum absolute atomic E-state index is 0. The van der Waals surface area contributed by atoms with Crippen molar-refractivity contribution in [3.05, 3.63) is 0 Å². The summed E-state index contributed by atoms with van der Waals surface area (Å²) in [6, 6.07) is 0.910. The van der Waals surface area contributed by atoms with E-state index in [4.69, 9.17) is 13.3 Å². The van der Waals surface area contributed by atoms with E-state index in [0.29, 0.717) is 0 Å². The number of unbranched alkanes of at least 4 members (excludes halogenated alkanes) is 1. The van der Waals surface area contributed by atoms with Gasteiger partial charge in [-0.05, 0) is 17.4 Å². The summed E-state index contributed by atoms with van der Waals surface area (Å²) in [5.41, 5.74) is 0. The molecular formula is C7H22O3Si2. The Morgan fingerprint density at radius 2 is 1.42 bits per heavy atom. The molecule has 76 valence electrons. The Morgan fingerprint density at radius 3 is 1.67 bits per heavy atom. The van der Waals surface area contributed by atoms with Crippen molar-refractivity contribution in [1.82, 2.24) is 0 Å². The third kappa shape index (κ3) is 4.37. The highest BCUT2D eigenvalue weighted by atomic mass is 28.4. The number of hydrogen-bond donors (Lipinski definition) is 0. The Hall–Kier alpha value is 0.314. The summed E-state index contributed by atoms with van der Waals surface area (Å²) in [4.78, 5) is 0. The third-order valence-corrected chi connectivity index (χ3v) is 4.60. The van der Waals surface area contributed by atoms with Gasteiger partial charge >= 0.3 is 8.80 Å². The van der Waals surface area contributed by atoms with Crippen LogP contribution in [-0.2, 0) is 13.3 Å². The molecule has 0 aromatic rings. The second-order valence-corrected chi connectivity index (χ2v) is 5.49. The zero-order valence-corrected chi connectivity index (χ0v) is 8.85. The van der Waals surface area contributed by atoms with Gasteiger partial charge in [0.2, 0.25) is 0 Å². The summed E-state index contributed by atoms with van der Waals surface area (Å²) in [7, 11) is 2.70. The first kappa shape index (κ1) is 14.8. The molecule has 0 atom stereocenters. The minimum atomic E-state index is -2.24. The van der Waals surface area contributed by atoms with E-state index in [2.05, 4.69) is 6.92 Å². The lowest BCUT2D eigenvalue weighted by atomic mass is 10.4. The summed E-state index contributed by atoms with van der Waals surface area (Å²) in [6.45, 7) is 2.14. The van der Waals surface area contributed by atoms with Crippen LogP contribution in [0, 0.1) is 0 Å². The summed E-state index contributed by atoms with van der Waals surface area (Å²) in [5.74, 6) is 0. The van der Waals surface area contributed by atoms with Crippen LogP contribution in [0.2, 0.25) is 6.04 Å². The maximum absolute atomic E-state index is 5.23. The Kier molecular flexibility index (Phi) is 9.80. The number of rotatable bonds is 6. The fourth-order valence-electron chi connectivity index (χ4n) is 0.949. The first-order valence-corrected chi connectivity index (χ1v) is 5.83. The van der Waals surface area contributed by atoms with Gasteiger partial charge in [0.15, 0.2) is 0 Å². The van der Waals surface area contributed by atoms with Crippen LogP contribution in [0.3, 0.4) is 0 Å². The van der Waals surface area contributed by atoms with Crippen LogP contribution in [0.1, 0.15) is 19.8 Å². The first-order chi connectivity index (χ1) is 5.24. The van der Waals surface area contributed by atoms with Crippen molar-refractivity contribution in [2.24, 2.45) is 0 Å². The van der Waals surface area contributed by atoms with E-state index in [0.717, 1.165) is 18.9 Å². The van der Waals surface area contributed by atoms with Gasteiger partial charge < -0.3 is 13.3 Å². The molecule has 0 aliphatic carbocycles. The SMILES string of the molecule is CCCC[Si](OC)(OC)OC.[SiH4]. The van der Waals surface area contributed by atoms with E-state index >= 15 is 0 Å². The normalized spacial score (nSPS) is 11.0. The van der Waals surface area contributed by atoms with Crippen molar-refractivity contribution in [3.8, 4) is 0 Å². The Balaban J connectivity index is 0. The molecule has 3 nitrogen and oxygen atoms in total. The zero-order valence-electron chi connectivity index (χ0n) is 7.85. The fourth-order valence-corrected chi connectivity index (χ4v) is 2.85. The molecule has 0 amide bonds. The van der Waals surface area contributed by atoms with Crippen molar-refractivity contribution < 1.29 is 13.3 Å². The Morgan fingerprint density at radius 1 is 1.00 bits per heavy atom. The average molecular weight is 210 g/mol. The molecule has 0 aromatic heterocycles. The van der Waals surface area contributed by atoms with E-state index in [1.165, 1.54) is 0 Å². The second-order valence-electron chi connectivity index (χ2n) is 2.40. The van der Waals surface area contributed by atoms with Crippen LogP contribution < -0.4 is 0 Å². The topological polar surface area (TPSA) is 27.7 Å². The van der Waals surface area contributed by atoms with Crippen LogP contribution in [0.15, 0.2) is 0 Å². The largest absolute Gasteiger partial charge is 0.500 e. The lowest BCUT2D eigenvalue weighted by Gasteiger charge is -2.23. The maximum Gasteiger partial charge on any atom is 0.500 e.